The molecule has 0 saturated carbocycles. The van der Waals surface area contributed by atoms with Gasteiger partial charge < -0.3 is 19.3 Å². The average molecular weight is 555 g/mol. The van der Waals surface area contributed by atoms with Gasteiger partial charge in [0.25, 0.3) is 0 Å². The van der Waals surface area contributed by atoms with E-state index < -0.39 is 15.0 Å². The second kappa shape index (κ2) is 9.63. The molecule has 3 N–H and O–H groups in total. The lowest BCUT2D eigenvalue weighted by molar-refractivity contribution is -0.0908. The number of hydrogen-bond donors (Lipinski definition) is 3. The normalized spacial score (nSPS) is 13.2. The highest BCUT2D eigenvalue weighted by molar-refractivity contribution is 7.86. The highest BCUT2D eigenvalue weighted by Crippen LogP contribution is 2.34. The molecule has 0 fully saturated rings. The van der Waals surface area contributed by atoms with Gasteiger partial charge in [-0.3, -0.25) is 4.48 Å². The fraction of sp³-hybridized carbons (Fsp3) is 0.143. The highest BCUT2D eigenvalue weighted by atomic mass is 32.2. The molecule has 200 valence electrons. The summed E-state index contributed by atoms with van der Waals surface area (Å²) in [6.07, 6.45) is 7.95. The molecule has 0 spiro atoms. The van der Waals surface area contributed by atoms with Gasteiger partial charge in [-0.2, -0.15) is 5.26 Å². The third-order valence-corrected chi connectivity index (χ3v) is 7.27. The number of hydrogen-bond acceptors (Lipinski definition) is 7. The Balaban J connectivity index is 2.08. The van der Waals surface area contributed by atoms with Crippen LogP contribution in [0.5, 0.6) is 5.75 Å². The van der Waals surface area contributed by atoms with E-state index in [-0.39, 0.29) is 22.5 Å². The predicted octanol–water partition coefficient (Wildman–Crippen LogP) is 2.44. The number of aromatic amines is 2. The molecule has 5 heterocycles. The lowest BCUT2D eigenvalue weighted by Crippen LogP contribution is -2.35. The Kier molecular flexibility index (Phi) is 6.40. The maximum absolute atomic E-state index is 12.5. The van der Waals surface area contributed by atoms with Crippen molar-refractivity contribution < 1.29 is 23.0 Å². The zero-order chi connectivity index (χ0) is 28.8. The van der Waals surface area contributed by atoms with Crippen LogP contribution in [-0.2, 0) is 10.1 Å². The van der Waals surface area contributed by atoms with Gasteiger partial charge in [0.15, 0.2) is 17.0 Å². The molecule has 11 nitrogen and oxygen atoms in total. The molecule has 0 radical (unpaired) electrons. The van der Waals surface area contributed by atoms with Crippen molar-refractivity contribution >= 4 is 68.3 Å². The lowest BCUT2D eigenvalue weighted by atomic mass is 10.1. The molecule has 8 bridgehead atoms. The van der Waals surface area contributed by atoms with Gasteiger partial charge in [0.05, 0.1) is 61.9 Å². The van der Waals surface area contributed by atoms with E-state index in [9.17, 15) is 18.2 Å². The first kappa shape index (κ1) is 26.6. The number of rotatable bonds is 4. The number of allylic oxidation sites excluding steroid dienone is 1. The molecule has 0 aromatic carbocycles. The Morgan fingerprint density at radius 1 is 0.950 bits per heavy atom. The van der Waals surface area contributed by atoms with Crippen LogP contribution in [0.3, 0.4) is 0 Å². The van der Waals surface area contributed by atoms with Gasteiger partial charge in [-0.05, 0) is 54.6 Å². The number of nitrogens with zero attached hydrogens (tertiary/aromatic N) is 4. The summed E-state index contributed by atoms with van der Waals surface area (Å²) in [5.41, 5.74) is 4.27. The van der Waals surface area contributed by atoms with Gasteiger partial charge in [-0.15, -0.1) is 0 Å². The van der Waals surface area contributed by atoms with E-state index in [0.29, 0.717) is 38.2 Å². The molecule has 2 aliphatic rings. The van der Waals surface area contributed by atoms with Crippen LogP contribution in [0.1, 0.15) is 28.3 Å². The largest absolute Gasteiger partial charge is 0.744 e. The van der Waals surface area contributed by atoms with Crippen LogP contribution in [0.25, 0.3) is 52.4 Å². The monoisotopic (exact) mass is 554 g/mol. The van der Waals surface area contributed by atoms with Crippen LogP contribution in [0, 0.1) is 17.4 Å². The average Bonchev–Trinajstić information content (AvgIpc) is 3.68. The molecular formula is C28H24N7O4S+. The van der Waals surface area contributed by atoms with Gasteiger partial charge in [0.2, 0.25) is 0 Å². The Morgan fingerprint density at radius 3 is 2.02 bits per heavy atom. The number of fused-ring (bicyclic) bond motifs is 8. The summed E-state index contributed by atoms with van der Waals surface area (Å²) < 4.78 is 43.5. The summed E-state index contributed by atoms with van der Waals surface area (Å²) in [5.74, 6) is 0.410. The quantitative estimate of drug-likeness (QED) is 0.174. The first-order valence-electron chi connectivity index (χ1n) is 12.0. The van der Waals surface area contributed by atoms with Gasteiger partial charge in [0, 0.05) is 5.56 Å². The van der Waals surface area contributed by atoms with E-state index in [1.54, 1.807) is 12.1 Å². The zero-order valence-electron chi connectivity index (χ0n) is 22.0. The first-order valence-corrected chi connectivity index (χ1v) is 13.4. The molecule has 3 aromatic rings. The number of aromatic nitrogens is 4. The van der Waals surface area contributed by atoms with Crippen molar-refractivity contribution in [1.29, 1.82) is 5.26 Å². The van der Waals surface area contributed by atoms with Crippen molar-refractivity contribution in [1.82, 2.24) is 24.4 Å². The summed E-state index contributed by atoms with van der Waals surface area (Å²) in [4.78, 5) is 15.2. The second-order valence-electron chi connectivity index (χ2n) is 9.89. The molecule has 0 amide bonds. The summed E-state index contributed by atoms with van der Waals surface area (Å²) in [7, 11) is 2.53. The SMILES string of the molecule is COc1c2ccc([nH]2)c([N+](C)(C)C)c2nc(c(C=C(C#N)C#[NH+])c3nc(c(S(=O)(=O)[O-])c4ccc1[nH]4)C=C3)C=C2. The molecule has 5 rings (SSSR count). The first-order chi connectivity index (χ1) is 18.9. The van der Waals surface area contributed by atoms with E-state index in [0.717, 1.165) is 11.2 Å². The molecule has 12 heteroatoms. The minimum absolute atomic E-state index is 0.0398. The van der Waals surface area contributed by atoms with Crippen molar-refractivity contribution in [3.8, 4) is 17.9 Å². The predicted molar refractivity (Wildman–Crippen MR) is 151 cm³/mol. The van der Waals surface area contributed by atoms with Crippen molar-refractivity contribution in [2.75, 3.05) is 28.3 Å². The molecule has 0 atom stereocenters. The van der Waals surface area contributed by atoms with Crippen LogP contribution >= 0.6 is 0 Å². The standard InChI is InChI=1S/C28H23N7O4S/c1-35(2,3)26-20-7-5-18(31-20)17(13-16(14-29)15-30)19-6-11-24(32-19)28(40(36,37)38)25-12-10-23(34-25)27(39-4)22-9-8-21(26)33-22/h5-13,33-34H,1-4H3/p+1. The van der Waals surface area contributed by atoms with E-state index in [4.69, 9.17) is 15.0 Å². The molecule has 0 saturated heterocycles. The minimum atomic E-state index is -4.99. The Labute approximate surface area is 230 Å². The van der Waals surface area contributed by atoms with Crippen LogP contribution in [0.4, 0.5) is 5.69 Å². The summed E-state index contributed by atoms with van der Waals surface area (Å²) in [6, 6.07) is 10.8. The van der Waals surface area contributed by atoms with E-state index in [1.807, 2.05) is 45.4 Å². The molecule has 3 aromatic heterocycles. The van der Waals surface area contributed by atoms with Crippen molar-refractivity contribution in [2.45, 2.75) is 4.90 Å². The number of quaternary nitrogens is 1. The minimum Gasteiger partial charge on any atom is -0.744 e. The van der Waals surface area contributed by atoms with E-state index >= 15 is 0 Å². The fourth-order valence-electron chi connectivity index (χ4n) is 4.74. The Hall–Kier alpha value is -5.01. The van der Waals surface area contributed by atoms with Crippen LogP contribution in [-0.4, -0.2) is 61.2 Å². The zero-order valence-corrected chi connectivity index (χ0v) is 22.8. The van der Waals surface area contributed by atoms with E-state index in [1.165, 1.54) is 31.4 Å². The van der Waals surface area contributed by atoms with Crippen LogP contribution < -0.4 is 14.5 Å². The lowest BCUT2D eigenvalue weighted by Gasteiger charge is -2.24. The number of ether oxygens (including phenoxy) is 1. The fourth-order valence-corrected chi connectivity index (χ4v) is 5.50. The number of nitrogens with one attached hydrogen (secondary N) is 3. The van der Waals surface area contributed by atoms with Crippen molar-refractivity contribution in [2.24, 2.45) is 0 Å². The Morgan fingerprint density at radius 2 is 1.48 bits per heavy atom. The molecule has 0 unspecified atom stereocenters. The number of nitriles is 1. The van der Waals surface area contributed by atoms with E-state index in [2.05, 4.69) is 21.0 Å². The molecule has 40 heavy (non-hydrogen) atoms. The van der Waals surface area contributed by atoms with Crippen LogP contribution in [0.15, 0.2) is 34.7 Å². The highest BCUT2D eigenvalue weighted by Gasteiger charge is 2.24. The molecule has 2 aliphatic heterocycles. The van der Waals surface area contributed by atoms with Crippen molar-refractivity contribution in [3.05, 3.63) is 58.2 Å². The third kappa shape index (κ3) is 4.67. The molecule has 0 aliphatic carbocycles. The third-order valence-electron chi connectivity index (χ3n) is 6.34. The van der Waals surface area contributed by atoms with Crippen molar-refractivity contribution in [3.63, 3.8) is 0 Å². The molecular weight excluding hydrogens is 530 g/mol. The Bertz CT molecular complexity index is 2010. The van der Waals surface area contributed by atoms with Gasteiger partial charge in [-0.1, -0.05) is 5.26 Å². The van der Waals surface area contributed by atoms with Gasteiger partial charge in [-0.25, -0.2) is 18.4 Å². The van der Waals surface area contributed by atoms with Crippen LogP contribution in [0.2, 0.25) is 0 Å². The number of H-pyrrole nitrogens is 2. The van der Waals surface area contributed by atoms with Gasteiger partial charge in [0.1, 0.15) is 32.3 Å². The van der Waals surface area contributed by atoms with Gasteiger partial charge >= 0.3 is 6.07 Å². The summed E-state index contributed by atoms with van der Waals surface area (Å²) in [5, 5.41) is 17.0. The summed E-state index contributed by atoms with van der Waals surface area (Å²) in [6.45, 7) is 0. The number of methoxy groups -OCH3 is 1. The maximum Gasteiger partial charge on any atom is 0.319 e. The topological polar surface area (TPSA) is 171 Å². The smallest absolute Gasteiger partial charge is 0.319 e. The summed E-state index contributed by atoms with van der Waals surface area (Å²) >= 11 is 0. The second-order valence-corrected chi connectivity index (χ2v) is 11.2. The maximum atomic E-state index is 12.5.